The molecule has 0 bridgehead atoms. The van der Waals surface area contributed by atoms with E-state index in [1.54, 1.807) is 24.3 Å². The fourth-order valence-corrected chi connectivity index (χ4v) is 3.00. The minimum Gasteiger partial charge on any atom is -0.508 e. The number of nitrogens with one attached hydrogen (secondary N) is 1. The zero-order valence-corrected chi connectivity index (χ0v) is 17.0. The second-order valence-electron chi connectivity index (χ2n) is 6.79. The molecule has 1 heterocycles. The molecule has 0 unspecified atom stereocenters. The number of aliphatic hydroxyl groups excluding tert-OH is 1. The molecule has 0 aliphatic rings. The quantitative estimate of drug-likeness (QED) is 0.329. The number of rotatable bonds is 8. The van der Waals surface area contributed by atoms with Gasteiger partial charge in [-0.2, -0.15) is 0 Å². The number of fused-ring (bicyclic) bond motifs is 1. The van der Waals surface area contributed by atoms with Crippen molar-refractivity contribution in [2.24, 2.45) is 0 Å². The van der Waals surface area contributed by atoms with Crippen molar-refractivity contribution < 1.29 is 24.2 Å². The fraction of sp³-hybridized carbons (Fsp3) is 0.261. The Balaban J connectivity index is 1.76. The molecule has 7 nitrogen and oxygen atoms in total. The average molecular weight is 408 g/mol. The van der Waals surface area contributed by atoms with Crippen molar-refractivity contribution in [3.05, 3.63) is 71.2 Å². The summed E-state index contributed by atoms with van der Waals surface area (Å²) >= 11 is 0. The van der Waals surface area contributed by atoms with E-state index in [0.29, 0.717) is 16.6 Å². The van der Waals surface area contributed by atoms with Crippen LogP contribution < -0.4 is 0 Å². The van der Waals surface area contributed by atoms with Crippen LogP contribution in [0.15, 0.2) is 54.3 Å². The largest absolute Gasteiger partial charge is 0.508 e. The summed E-state index contributed by atoms with van der Waals surface area (Å²) in [5, 5.41) is 10.5. The van der Waals surface area contributed by atoms with E-state index in [1.807, 2.05) is 24.3 Å². The van der Waals surface area contributed by atoms with Crippen LogP contribution in [0.1, 0.15) is 41.5 Å². The van der Waals surface area contributed by atoms with E-state index < -0.39 is 24.3 Å². The summed E-state index contributed by atoms with van der Waals surface area (Å²) in [6.07, 6.45) is 3.14. The molecule has 2 aromatic carbocycles. The molecule has 2 N–H and O–H groups in total. The molecule has 3 rings (SSSR count). The number of benzene rings is 2. The zero-order valence-electron chi connectivity index (χ0n) is 17.0. The Morgan fingerprint density at radius 1 is 1.10 bits per heavy atom. The minimum absolute atomic E-state index is 0.136. The minimum atomic E-state index is -0.789. The summed E-state index contributed by atoms with van der Waals surface area (Å²) in [4.78, 5) is 31.8. The summed E-state index contributed by atoms with van der Waals surface area (Å²) in [5.41, 5.74) is 2.65. The molecule has 30 heavy (non-hydrogen) atoms. The van der Waals surface area contributed by atoms with Gasteiger partial charge in [-0.15, -0.1) is 0 Å². The Morgan fingerprint density at radius 2 is 1.83 bits per heavy atom. The molecule has 1 aromatic heterocycles. The van der Waals surface area contributed by atoms with Gasteiger partial charge in [-0.25, -0.2) is 14.6 Å². The lowest BCUT2D eigenvalue weighted by atomic mass is 10.1. The maximum absolute atomic E-state index is 12.3. The number of ether oxygens (including phenoxy) is 2. The summed E-state index contributed by atoms with van der Waals surface area (Å²) in [7, 11) is 1.20. The number of esters is 2. The van der Waals surface area contributed by atoms with Crippen molar-refractivity contribution in [2.75, 3.05) is 13.7 Å². The monoisotopic (exact) mass is 408 g/mol. The van der Waals surface area contributed by atoms with Crippen LogP contribution in [0.4, 0.5) is 0 Å². The molecule has 0 aliphatic heterocycles. The molecule has 0 saturated heterocycles. The highest BCUT2D eigenvalue weighted by Gasteiger charge is 2.23. The number of hydrogen-bond acceptors (Lipinski definition) is 6. The lowest BCUT2D eigenvalue weighted by Crippen LogP contribution is -2.14. The second-order valence-corrected chi connectivity index (χ2v) is 6.79. The van der Waals surface area contributed by atoms with E-state index in [4.69, 9.17) is 9.47 Å². The number of imidazole rings is 1. The first kappa shape index (κ1) is 21.1. The van der Waals surface area contributed by atoms with Gasteiger partial charge in [-0.1, -0.05) is 37.6 Å². The summed E-state index contributed by atoms with van der Waals surface area (Å²) < 4.78 is 9.95. The fourth-order valence-electron chi connectivity index (χ4n) is 3.00. The first-order valence-corrected chi connectivity index (χ1v) is 9.75. The molecule has 0 fully saturated rings. The summed E-state index contributed by atoms with van der Waals surface area (Å²) in [6.45, 7) is 1.64. The Bertz CT molecular complexity index is 1030. The van der Waals surface area contributed by atoms with Gasteiger partial charge in [0.2, 0.25) is 0 Å². The van der Waals surface area contributed by atoms with Crippen LogP contribution in [0, 0.1) is 0 Å². The van der Waals surface area contributed by atoms with Crippen molar-refractivity contribution in [1.29, 1.82) is 0 Å². The number of unbranched alkanes of at least 4 members (excludes halogenated alkanes) is 1. The van der Waals surface area contributed by atoms with Crippen molar-refractivity contribution in [1.82, 2.24) is 9.97 Å². The molecule has 7 heteroatoms. The lowest BCUT2D eigenvalue weighted by molar-refractivity contribution is -0.133. The van der Waals surface area contributed by atoms with Crippen LogP contribution in [0.3, 0.4) is 0 Å². The smallest absolute Gasteiger partial charge is 0.345 e. The number of nitrogens with zero attached hydrogens (tertiary/aromatic N) is 1. The molecule has 0 radical (unpaired) electrons. The van der Waals surface area contributed by atoms with Gasteiger partial charge in [0.05, 0.1) is 23.7 Å². The lowest BCUT2D eigenvalue weighted by Gasteiger charge is -2.09. The third-order valence-electron chi connectivity index (χ3n) is 4.65. The predicted molar refractivity (Wildman–Crippen MR) is 113 cm³/mol. The molecule has 0 aliphatic carbocycles. The van der Waals surface area contributed by atoms with E-state index in [1.165, 1.54) is 7.11 Å². The summed E-state index contributed by atoms with van der Waals surface area (Å²) in [6, 6.07) is 14.3. The van der Waals surface area contributed by atoms with Gasteiger partial charge in [0.25, 0.3) is 0 Å². The number of aryl methyl sites for hydroxylation is 1. The predicted octanol–water partition coefficient (Wildman–Crippen LogP) is 4.20. The molecule has 0 atom stereocenters. The summed E-state index contributed by atoms with van der Waals surface area (Å²) in [5.74, 6) is -1.70. The molecule has 3 aromatic rings. The normalized spacial score (nSPS) is 11.8. The average Bonchev–Trinajstić information content (AvgIpc) is 3.19. The van der Waals surface area contributed by atoms with Crippen LogP contribution in [0.25, 0.3) is 16.6 Å². The number of carbonyl (C=O) groups is 2. The molecule has 0 amide bonds. The second kappa shape index (κ2) is 9.73. The first-order valence-electron chi connectivity index (χ1n) is 9.75. The van der Waals surface area contributed by atoms with E-state index >= 15 is 0 Å². The number of aromatic amines is 1. The number of para-hydroxylation sites is 2. The topological polar surface area (TPSA) is 102 Å². The highest BCUT2D eigenvalue weighted by Crippen LogP contribution is 2.21. The van der Waals surface area contributed by atoms with Gasteiger partial charge < -0.3 is 19.6 Å². The SMILES string of the molecule is CCCCc1ccc(C(=O)OC/C(O)=C(\C(=O)OC)c2nc3ccccc3[nH]2)cc1. The highest BCUT2D eigenvalue weighted by atomic mass is 16.5. The van der Waals surface area contributed by atoms with Crippen LogP contribution >= 0.6 is 0 Å². The zero-order chi connectivity index (χ0) is 21.5. The maximum atomic E-state index is 12.3. The van der Waals surface area contributed by atoms with Crippen LogP contribution in [0.5, 0.6) is 0 Å². The number of hydrogen-bond donors (Lipinski definition) is 2. The van der Waals surface area contributed by atoms with Gasteiger partial charge in [-0.3, -0.25) is 0 Å². The van der Waals surface area contributed by atoms with Crippen molar-refractivity contribution in [3.63, 3.8) is 0 Å². The van der Waals surface area contributed by atoms with Crippen molar-refractivity contribution >= 4 is 28.5 Å². The Labute approximate surface area is 174 Å². The number of methoxy groups -OCH3 is 1. The molecular formula is C23H24N2O5. The molecule has 156 valence electrons. The number of carbonyl (C=O) groups excluding carboxylic acids is 2. The highest BCUT2D eigenvalue weighted by molar-refractivity contribution is 6.16. The Morgan fingerprint density at radius 3 is 2.50 bits per heavy atom. The van der Waals surface area contributed by atoms with E-state index in [0.717, 1.165) is 24.8 Å². The van der Waals surface area contributed by atoms with Gasteiger partial charge in [0, 0.05) is 0 Å². The standard InChI is InChI=1S/C23H24N2O5/c1-3-4-7-15-10-12-16(13-11-15)22(27)30-14-19(26)20(23(28)29-2)21-24-17-8-5-6-9-18(17)25-21/h5-6,8-13,26H,3-4,7,14H2,1-2H3,(H,24,25)/b20-19+. The maximum Gasteiger partial charge on any atom is 0.345 e. The van der Waals surface area contributed by atoms with Gasteiger partial charge in [-0.05, 0) is 42.7 Å². The van der Waals surface area contributed by atoms with Crippen molar-refractivity contribution in [3.8, 4) is 0 Å². The number of aliphatic hydroxyl groups is 1. The Hall–Kier alpha value is -3.61. The molecular weight excluding hydrogens is 384 g/mol. The van der Waals surface area contributed by atoms with Crippen LogP contribution in [0.2, 0.25) is 0 Å². The van der Waals surface area contributed by atoms with Gasteiger partial charge in [0.15, 0.2) is 0 Å². The van der Waals surface area contributed by atoms with Crippen LogP contribution in [-0.2, 0) is 20.7 Å². The van der Waals surface area contributed by atoms with E-state index in [-0.39, 0.29) is 11.4 Å². The molecule has 0 spiro atoms. The molecule has 0 saturated carbocycles. The van der Waals surface area contributed by atoms with Gasteiger partial charge in [0.1, 0.15) is 23.8 Å². The number of aromatic nitrogens is 2. The van der Waals surface area contributed by atoms with Gasteiger partial charge >= 0.3 is 11.9 Å². The van der Waals surface area contributed by atoms with E-state index in [2.05, 4.69) is 16.9 Å². The Kier molecular flexibility index (Phi) is 6.85. The van der Waals surface area contributed by atoms with Crippen molar-refractivity contribution in [2.45, 2.75) is 26.2 Å². The third kappa shape index (κ3) is 4.86. The van der Waals surface area contributed by atoms with E-state index in [9.17, 15) is 14.7 Å². The van der Waals surface area contributed by atoms with Crippen LogP contribution in [-0.4, -0.2) is 40.7 Å². The first-order chi connectivity index (χ1) is 14.5. The number of H-pyrrole nitrogens is 1. The third-order valence-corrected chi connectivity index (χ3v) is 4.65.